The summed E-state index contributed by atoms with van der Waals surface area (Å²) in [6.45, 7) is 0.909. The number of aromatic hydroxyl groups is 1. The van der Waals surface area contributed by atoms with Gasteiger partial charge in [-0.3, -0.25) is 19.1 Å². The summed E-state index contributed by atoms with van der Waals surface area (Å²) in [6, 6.07) is 4.43. The molecular weight excluding hydrogens is 429 g/mol. The fraction of sp³-hybridized carbons (Fsp3) is 0.381. The van der Waals surface area contributed by atoms with Crippen molar-refractivity contribution < 1.29 is 27.9 Å². The molecule has 0 spiro atoms. The van der Waals surface area contributed by atoms with Gasteiger partial charge in [-0.05, 0) is 18.6 Å². The number of hydrogen-bond acceptors (Lipinski definition) is 5. The molecular formula is C21H23F3N4O4. The van der Waals surface area contributed by atoms with E-state index < -0.39 is 58.8 Å². The van der Waals surface area contributed by atoms with Gasteiger partial charge in [0, 0.05) is 51.3 Å². The number of benzene rings is 1. The van der Waals surface area contributed by atoms with E-state index in [1.807, 2.05) is 0 Å². The van der Waals surface area contributed by atoms with Crippen molar-refractivity contribution in [2.75, 3.05) is 25.6 Å². The second-order valence-electron chi connectivity index (χ2n) is 7.71. The molecule has 3 N–H and O–H groups in total. The third-order valence-corrected chi connectivity index (χ3v) is 5.21. The number of rotatable bonds is 3. The van der Waals surface area contributed by atoms with Crippen molar-refractivity contribution >= 4 is 11.8 Å². The second kappa shape index (κ2) is 8.93. The number of hydrogen-bond donors (Lipinski definition) is 3. The van der Waals surface area contributed by atoms with Gasteiger partial charge in [-0.1, -0.05) is 12.1 Å². The Balaban J connectivity index is 1.93. The monoisotopic (exact) mass is 452 g/mol. The van der Waals surface area contributed by atoms with Crippen molar-refractivity contribution in [1.29, 1.82) is 0 Å². The number of halogens is 3. The van der Waals surface area contributed by atoms with Crippen LogP contribution in [0, 0.1) is 12.7 Å². The van der Waals surface area contributed by atoms with Gasteiger partial charge in [0.05, 0.1) is 0 Å². The maximum Gasteiger partial charge on any atom is 0.276 e. The number of aryl methyl sites for hydroxylation is 1. The maximum absolute atomic E-state index is 14.0. The molecule has 1 aliphatic heterocycles. The van der Waals surface area contributed by atoms with E-state index in [0.29, 0.717) is 5.56 Å². The van der Waals surface area contributed by atoms with Gasteiger partial charge in [0.25, 0.3) is 17.7 Å². The van der Waals surface area contributed by atoms with E-state index in [4.69, 9.17) is 0 Å². The Labute approximate surface area is 181 Å². The molecule has 0 saturated heterocycles. The first-order valence-electron chi connectivity index (χ1n) is 9.89. The molecule has 1 aliphatic rings. The summed E-state index contributed by atoms with van der Waals surface area (Å²) in [4.78, 5) is 38.8. The number of pyridine rings is 1. The van der Waals surface area contributed by atoms with Gasteiger partial charge in [-0.2, -0.15) is 0 Å². The minimum absolute atomic E-state index is 0.185. The first-order valence-corrected chi connectivity index (χ1v) is 9.89. The fourth-order valence-corrected chi connectivity index (χ4v) is 3.26. The molecule has 0 atom stereocenters. The average molecular weight is 452 g/mol. The molecule has 2 amide bonds. The molecule has 1 aromatic heterocycles. The van der Waals surface area contributed by atoms with Crippen LogP contribution in [0.4, 0.5) is 13.2 Å². The van der Waals surface area contributed by atoms with Gasteiger partial charge in [-0.15, -0.1) is 0 Å². The highest BCUT2D eigenvalue weighted by Crippen LogP contribution is 2.25. The van der Waals surface area contributed by atoms with Crippen molar-refractivity contribution in [1.82, 2.24) is 14.9 Å². The Morgan fingerprint density at radius 2 is 2.00 bits per heavy atom. The molecule has 1 aromatic carbocycles. The zero-order valence-electron chi connectivity index (χ0n) is 17.5. The molecule has 0 bridgehead atoms. The Kier molecular flexibility index (Phi) is 6.47. The Morgan fingerprint density at radius 1 is 1.28 bits per heavy atom. The van der Waals surface area contributed by atoms with E-state index in [0.717, 1.165) is 15.8 Å². The third kappa shape index (κ3) is 4.87. The fourth-order valence-electron chi connectivity index (χ4n) is 3.26. The van der Waals surface area contributed by atoms with Crippen LogP contribution in [0.25, 0.3) is 0 Å². The first kappa shape index (κ1) is 23.2. The highest BCUT2D eigenvalue weighted by atomic mass is 19.3. The predicted molar refractivity (Wildman–Crippen MR) is 110 cm³/mol. The SMILES string of the molecule is Cc1ccc(CNC(=O)c2cn3c(c(O)c2=O)C(=O)N(C)CCC(F)(F)CCN3)c(F)c1. The summed E-state index contributed by atoms with van der Waals surface area (Å²) >= 11 is 0. The van der Waals surface area contributed by atoms with Gasteiger partial charge in [0.2, 0.25) is 5.43 Å². The lowest BCUT2D eigenvalue weighted by atomic mass is 10.1. The van der Waals surface area contributed by atoms with Crippen LogP contribution in [0.5, 0.6) is 5.75 Å². The minimum Gasteiger partial charge on any atom is -0.502 e. The summed E-state index contributed by atoms with van der Waals surface area (Å²) in [5.41, 5.74) is 1.31. The van der Waals surface area contributed by atoms with Crippen LogP contribution in [0.2, 0.25) is 0 Å². The van der Waals surface area contributed by atoms with E-state index in [2.05, 4.69) is 10.7 Å². The Morgan fingerprint density at radius 3 is 2.69 bits per heavy atom. The van der Waals surface area contributed by atoms with Crippen LogP contribution in [0.1, 0.15) is 44.8 Å². The summed E-state index contributed by atoms with van der Waals surface area (Å²) in [5.74, 6) is -6.34. The number of nitrogens with one attached hydrogen (secondary N) is 2. The normalized spacial score (nSPS) is 16.2. The first-order chi connectivity index (χ1) is 15.0. The van der Waals surface area contributed by atoms with Crippen LogP contribution in [-0.2, 0) is 6.54 Å². The lowest BCUT2D eigenvalue weighted by molar-refractivity contribution is -0.0191. The minimum atomic E-state index is -3.03. The molecule has 0 fully saturated rings. The topological polar surface area (TPSA) is 104 Å². The highest BCUT2D eigenvalue weighted by molar-refractivity contribution is 5.98. The average Bonchev–Trinajstić information content (AvgIpc) is 2.72. The van der Waals surface area contributed by atoms with Gasteiger partial charge in [0.1, 0.15) is 11.4 Å². The van der Waals surface area contributed by atoms with Crippen LogP contribution in [0.3, 0.4) is 0 Å². The van der Waals surface area contributed by atoms with Gasteiger partial charge in [-0.25, -0.2) is 13.2 Å². The van der Waals surface area contributed by atoms with Crippen LogP contribution < -0.4 is 16.2 Å². The van der Waals surface area contributed by atoms with Crippen molar-refractivity contribution in [2.45, 2.75) is 32.2 Å². The van der Waals surface area contributed by atoms with E-state index in [1.54, 1.807) is 13.0 Å². The molecule has 0 saturated carbocycles. The van der Waals surface area contributed by atoms with Crippen LogP contribution >= 0.6 is 0 Å². The number of aromatic nitrogens is 1. The Hall–Kier alpha value is -3.50. The number of nitrogens with zero attached hydrogens (tertiary/aromatic N) is 2. The van der Waals surface area contributed by atoms with E-state index >= 15 is 0 Å². The van der Waals surface area contributed by atoms with Crippen LogP contribution in [0.15, 0.2) is 29.2 Å². The van der Waals surface area contributed by atoms with Gasteiger partial charge in [0.15, 0.2) is 11.4 Å². The lowest BCUT2D eigenvalue weighted by Crippen LogP contribution is -2.40. The summed E-state index contributed by atoms with van der Waals surface area (Å²) in [6.07, 6.45) is -0.169. The van der Waals surface area contributed by atoms with Crippen molar-refractivity contribution in [2.24, 2.45) is 0 Å². The van der Waals surface area contributed by atoms with Gasteiger partial charge >= 0.3 is 0 Å². The molecule has 32 heavy (non-hydrogen) atoms. The number of fused-ring (bicyclic) bond motifs is 1. The molecule has 3 rings (SSSR count). The predicted octanol–water partition coefficient (Wildman–Crippen LogP) is 1.98. The second-order valence-corrected chi connectivity index (χ2v) is 7.71. The maximum atomic E-state index is 14.0. The zero-order chi connectivity index (χ0) is 23.6. The van der Waals surface area contributed by atoms with E-state index in [1.165, 1.54) is 19.2 Å². The molecule has 0 unspecified atom stereocenters. The lowest BCUT2D eigenvalue weighted by Gasteiger charge is -2.27. The molecule has 2 heterocycles. The molecule has 11 heteroatoms. The zero-order valence-corrected chi connectivity index (χ0v) is 17.5. The third-order valence-electron chi connectivity index (χ3n) is 5.21. The van der Waals surface area contributed by atoms with Crippen molar-refractivity contribution in [3.63, 3.8) is 0 Å². The summed E-state index contributed by atoms with van der Waals surface area (Å²) in [5, 5.41) is 12.8. The number of carbonyl (C=O) groups is 2. The molecule has 172 valence electrons. The Bertz CT molecular complexity index is 1120. The number of carbonyl (C=O) groups excluding carboxylic acids is 2. The largest absolute Gasteiger partial charge is 0.502 e. The highest BCUT2D eigenvalue weighted by Gasteiger charge is 2.33. The van der Waals surface area contributed by atoms with Crippen molar-refractivity contribution in [3.8, 4) is 5.75 Å². The van der Waals surface area contributed by atoms with Crippen LogP contribution in [-0.4, -0.2) is 52.6 Å². The quantitative estimate of drug-likeness (QED) is 0.661. The molecule has 0 radical (unpaired) electrons. The van der Waals surface area contributed by atoms with E-state index in [-0.39, 0.29) is 25.2 Å². The number of alkyl halides is 2. The van der Waals surface area contributed by atoms with Crippen molar-refractivity contribution in [3.05, 3.63) is 62.8 Å². The molecule has 0 aliphatic carbocycles. The summed E-state index contributed by atoms with van der Waals surface area (Å²) < 4.78 is 42.7. The summed E-state index contributed by atoms with van der Waals surface area (Å²) in [7, 11) is 1.27. The van der Waals surface area contributed by atoms with E-state index in [9.17, 15) is 32.7 Å². The smallest absolute Gasteiger partial charge is 0.276 e. The standard InChI is InChI=1S/C21H23F3N4O4/c1-12-3-4-13(15(22)9-12)10-25-19(31)14-11-28-16(18(30)17(14)29)20(32)27(2)8-6-21(23,24)5-7-26-28/h3-4,9,11,26,30H,5-8,10H2,1-2H3,(H,25,31). The number of amides is 2. The molecule has 2 aromatic rings. The molecule has 8 nitrogen and oxygen atoms in total. The van der Waals surface area contributed by atoms with Gasteiger partial charge < -0.3 is 20.7 Å².